The molecule has 0 radical (unpaired) electrons. The zero-order valence-electron chi connectivity index (χ0n) is 15.8. The van der Waals surface area contributed by atoms with Crippen molar-refractivity contribution in [2.75, 3.05) is 0 Å². The Kier molecular flexibility index (Phi) is 7.28. The molecule has 28 heavy (non-hydrogen) atoms. The monoisotopic (exact) mass is 459 g/mol. The topological polar surface area (TPSA) is 68.0 Å². The first-order valence-electron chi connectivity index (χ1n) is 9.12. The zero-order chi connectivity index (χ0) is 19.9. The van der Waals surface area contributed by atoms with E-state index in [1.165, 1.54) is 17.3 Å². The van der Waals surface area contributed by atoms with Crippen molar-refractivity contribution in [2.24, 2.45) is 0 Å². The molecule has 0 bridgehead atoms. The van der Waals surface area contributed by atoms with Gasteiger partial charge in [0.15, 0.2) is 0 Å². The minimum Gasteiger partial charge on any atom is -0.411 e. The summed E-state index contributed by atoms with van der Waals surface area (Å²) in [5, 5.41) is 11.3. The third-order valence-electron chi connectivity index (χ3n) is 4.26. The van der Waals surface area contributed by atoms with Crippen LogP contribution in [0.25, 0.3) is 11.5 Å². The first-order chi connectivity index (χ1) is 13.5. The van der Waals surface area contributed by atoms with Gasteiger partial charge in [0.05, 0.1) is 10.8 Å². The third kappa shape index (κ3) is 5.69. The summed E-state index contributed by atoms with van der Waals surface area (Å²) < 4.78 is 6.60. The molecule has 1 heterocycles. The predicted molar refractivity (Wildman–Crippen MR) is 115 cm³/mol. The average Bonchev–Trinajstić information content (AvgIpc) is 3.15. The van der Waals surface area contributed by atoms with Gasteiger partial charge >= 0.3 is 0 Å². The molecule has 3 rings (SSSR count). The van der Waals surface area contributed by atoms with Gasteiger partial charge in [0.25, 0.3) is 5.22 Å². The van der Waals surface area contributed by atoms with E-state index in [-0.39, 0.29) is 17.2 Å². The minimum atomic E-state index is -0.327. The molecule has 2 aromatic carbocycles. The molecule has 1 amide bonds. The van der Waals surface area contributed by atoms with Gasteiger partial charge in [0.2, 0.25) is 11.8 Å². The summed E-state index contributed by atoms with van der Waals surface area (Å²) in [4.78, 5) is 12.5. The predicted octanol–water partition coefficient (Wildman–Crippen LogP) is 5.12. The molecule has 0 aliphatic carbocycles. The van der Waals surface area contributed by atoms with E-state index in [4.69, 9.17) is 4.42 Å². The van der Waals surface area contributed by atoms with Gasteiger partial charge in [-0.2, -0.15) is 0 Å². The molecule has 0 unspecified atom stereocenters. The number of aryl methyl sites for hydroxylation is 1. The van der Waals surface area contributed by atoms with Crippen molar-refractivity contribution in [1.82, 2.24) is 15.5 Å². The van der Waals surface area contributed by atoms with Gasteiger partial charge < -0.3 is 9.73 Å². The van der Waals surface area contributed by atoms with Crippen molar-refractivity contribution in [2.45, 2.75) is 43.2 Å². The van der Waals surface area contributed by atoms with Gasteiger partial charge in [-0.1, -0.05) is 54.2 Å². The second-order valence-electron chi connectivity index (χ2n) is 6.55. The fourth-order valence-corrected chi connectivity index (χ4v) is 3.81. The van der Waals surface area contributed by atoms with E-state index in [1.807, 2.05) is 56.3 Å². The lowest BCUT2D eigenvalue weighted by Gasteiger charge is -2.16. The molecule has 0 aliphatic rings. The Morgan fingerprint density at radius 2 is 1.82 bits per heavy atom. The highest BCUT2D eigenvalue weighted by Crippen LogP contribution is 2.30. The Bertz CT molecular complexity index is 917. The molecule has 146 valence electrons. The van der Waals surface area contributed by atoms with Crippen LogP contribution in [-0.2, 0) is 11.2 Å². The van der Waals surface area contributed by atoms with Crippen LogP contribution in [-0.4, -0.2) is 27.4 Å². The van der Waals surface area contributed by atoms with E-state index in [9.17, 15) is 4.79 Å². The minimum absolute atomic E-state index is 0.0359. The van der Waals surface area contributed by atoms with Gasteiger partial charge in [-0.05, 0) is 60.3 Å². The van der Waals surface area contributed by atoms with Crippen LogP contribution in [0.4, 0.5) is 0 Å². The molecule has 3 aromatic rings. The van der Waals surface area contributed by atoms with Crippen molar-refractivity contribution >= 4 is 33.6 Å². The maximum absolute atomic E-state index is 12.5. The number of amides is 1. The number of aromatic nitrogens is 2. The molecule has 0 aliphatic heterocycles. The lowest BCUT2D eigenvalue weighted by Crippen LogP contribution is -2.37. The van der Waals surface area contributed by atoms with Gasteiger partial charge in [-0.3, -0.25) is 4.79 Å². The van der Waals surface area contributed by atoms with E-state index in [0.29, 0.717) is 11.1 Å². The normalized spacial score (nSPS) is 13.1. The molecule has 5 nitrogen and oxygen atoms in total. The largest absolute Gasteiger partial charge is 0.411 e. The summed E-state index contributed by atoms with van der Waals surface area (Å²) >= 11 is 4.74. The number of nitrogens with one attached hydrogen (secondary N) is 1. The molecule has 7 heteroatoms. The van der Waals surface area contributed by atoms with Crippen LogP contribution < -0.4 is 5.32 Å². The summed E-state index contributed by atoms with van der Waals surface area (Å²) in [5.74, 6) is 0.394. The van der Waals surface area contributed by atoms with E-state index >= 15 is 0 Å². The Hall–Kier alpha value is -2.12. The van der Waals surface area contributed by atoms with E-state index < -0.39 is 0 Å². The van der Waals surface area contributed by atoms with Crippen LogP contribution in [0.5, 0.6) is 0 Å². The highest BCUT2D eigenvalue weighted by molar-refractivity contribution is 9.10. The Labute approximate surface area is 177 Å². The second kappa shape index (κ2) is 9.89. The van der Waals surface area contributed by atoms with Crippen LogP contribution >= 0.6 is 27.7 Å². The molecule has 0 spiro atoms. The third-order valence-corrected chi connectivity index (χ3v) is 5.88. The fraction of sp³-hybridized carbons (Fsp3) is 0.286. The van der Waals surface area contributed by atoms with Gasteiger partial charge in [-0.25, -0.2) is 0 Å². The van der Waals surface area contributed by atoms with Crippen LogP contribution in [0, 0.1) is 0 Å². The van der Waals surface area contributed by atoms with Crippen molar-refractivity contribution in [3.63, 3.8) is 0 Å². The van der Waals surface area contributed by atoms with Crippen LogP contribution in [0.2, 0.25) is 0 Å². The van der Waals surface area contributed by atoms with Crippen LogP contribution in [0.3, 0.4) is 0 Å². The molecular weight excluding hydrogens is 438 g/mol. The lowest BCUT2D eigenvalue weighted by molar-refractivity contribution is -0.120. The van der Waals surface area contributed by atoms with E-state index in [1.54, 1.807) is 0 Å². The summed E-state index contributed by atoms with van der Waals surface area (Å²) in [5.41, 5.74) is 2.10. The molecule has 1 N–H and O–H groups in total. The Morgan fingerprint density at radius 1 is 1.11 bits per heavy atom. The van der Waals surface area contributed by atoms with Crippen LogP contribution in [0.1, 0.15) is 25.8 Å². The Balaban J connectivity index is 1.51. The van der Waals surface area contributed by atoms with E-state index in [0.717, 1.165) is 22.9 Å². The van der Waals surface area contributed by atoms with Crippen molar-refractivity contribution in [3.8, 4) is 11.5 Å². The average molecular weight is 460 g/mol. The van der Waals surface area contributed by atoms with Crippen molar-refractivity contribution in [1.29, 1.82) is 0 Å². The fourth-order valence-electron chi connectivity index (χ4n) is 2.67. The number of hydrogen-bond acceptors (Lipinski definition) is 5. The highest BCUT2D eigenvalue weighted by Gasteiger charge is 2.20. The van der Waals surface area contributed by atoms with E-state index in [2.05, 4.69) is 43.6 Å². The first kappa shape index (κ1) is 20.6. The number of halogens is 1. The number of nitrogens with zero attached hydrogens (tertiary/aromatic N) is 2. The summed E-state index contributed by atoms with van der Waals surface area (Å²) in [6.07, 6.45) is 1.82. The number of benzene rings is 2. The zero-order valence-corrected chi connectivity index (χ0v) is 18.2. The SMILES string of the molecule is C[C@@H](CCc1ccccc1)NC(=O)[C@@H](C)Sc1nnc(-c2ccccc2Br)o1. The van der Waals surface area contributed by atoms with Crippen LogP contribution in [0.15, 0.2) is 68.7 Å². The van der Waals surface area contributed by atoms with Gasteiger partial charge in [0.1, 0.15) is 0 Å². The molecular formula is C21H22BrN3O2S. The summed E-state index contributed by atoms with van der Waals surface area (Å²) in [6.45, 7) is 3.86. The number of rotatable bonds is 8. The smallest absolute Gasteiger partial charge is 0.277 e. The second-order valence-corrected chi connectivity index (χ2v) is 8.69. The van der Waals surface area contributed by atoms with Crippen molar-refractivity contribution in [3.05, 3.63) is 64.6 Å². The standard InChI is InChI=1S/C21H22BrN3O2S/c1-14(12-13-16-8-4-3-5-9-16)23-19(26)15(2)28-21-25-24-20(27-21)17-10-6-7-11-18(17)22/h3-11,14-15H,12-13H2,1-2H3,(H,23,26)/t14-,15+/m0/s1. The number of carbonyl (C=O) groups excluding carboxylic acids is 1. The Morgan fingerprint density at radius 3 is 2.57 bits per heavy atom. The first-order valence-corrected chi connectivity index (χ1v) is 10.8. The number of carbonyl (C=O) groups is 1. The number of hydrogen-bond donors (Lipinski definition) is 1. The highest BCUT2D eigenvalue weighted by atomic mass is 79.9. The number of thioether (sulfide) groups is 1. The van der Waals surface area contributed by atoms with Crippen molar-refractivity contribution < 1.29 is 9.21 Å². The molecule has 0 saturated heterocycles. The summed E-state index contributed by atoms with van der Waals surface area (Å²) in [7, 11) is 0. The van der Waals surface area contributed by atoms with Gasteiger partial charge in [-0.15, -0.1) is 10.2 Å². The molecule has 2 atom stereocenters. The molecule has 0 fully saturated rings. The molecule has 1 aromatic heterocycles. The quantitative estimate of drug-likeness (QED) is 0.473. The van der Waals surface area contributed by atoms with Gasteiger partial charge in [0, 0.05) is 10.5 Å². The molecule has 0 saturated carbocycles. The summed E-state index contributed by atoms with van der Waals surface area (Å²) in [6, 6.07) is 18.0. The maximum Gasteiger partial charge on any atom is 0.277 e. The maximum atomic E-state index is 12.5. The lowest BCUT2D eigenvalue weighted by atomic mass is 10.1.